The van der Waals surface area contributed by atoms with Crippen LogP contribution in [-0.2, 0) is 23.0 Å². The van der Waals surface area contributed by atoms with E-state index >= 15 is 0 Å². The SMILES string of the molecule is CCCNS(=O)(=O)c1ccc(C(=O)N2CCc3c(nc[nH]c3=O)C2)cc1. The van der Waals surface area contributed by atoms with Gasteiger partial charge in [-0.15, -0.1) is 0 Å². The summed E-state index contributed by atoms with van der Waals surface area (Å²) in [6, 6.07) is 5.85. The van der Waals surface area contributed by atoms with Gasteiger partial charge in [-0.05, 0) is 37.1 Å². The Morgan fingerprint density at radius 2 is 2.04 bits per heavy atom. The number of aromatic nitrogens is 2. The van der Waals surface area contributed by atoms with Crippen LogP contribution in [0.1, 0.15) is 35.0 Å². The fourth-order valence-corrected chi connectivity index (χ4v) is 3.95. The lowest BCUT2D eigenvalue weighted by Gasteiger charge is -2.27. The number of H-pyrrole nitrogens is 1. The van der Waals surface area contributed by atoms with Crippen molar-refractivity contribution in [2.24, 2.45) is 0 Å². The van der Waals surface area contributed by atoms with Gasteiger partial charge >= 0.3 is 0 Å². The highest BCUT2D eigenvalue weighted by molar-refractivity contribution is 7.89. The molecule has 9 heteroatoms. The molecule has 1 aliphatic heterocycles. The molecule has 0 spiro atoms. The minimum atomic E-state index is -3.56. The summed E-state index contributed by atoms with van der Waals surface area (Å²) in [5.74, 6) is -0.219. The van der Waals surface area contributed by atoms with Gasteiger partial charge in [0.25, 0.3) is 11.5 Å². The summed E-state index contributed by atoms with van der Waals surface area (Å²) in [5.41, 5.74) is 1.43. The Balaban J connectivity index is 1.76. The molecule has 0 saturated heterocycles. The Labute approximate surface area is 151 Å². The zero-order valence-electron chi connectivity index (χ0n) is 14.4. The number of fused-ring (bicyclic) bond motifs is 1. The minimum Gasteiger partial charge on any atom is -0.332 e. The van der Waals surface area contributed by atoms with E-state index in [1.54, 1.807) is 4.90 Å². The molecule has 2 N–H and O–H groups in total. The van der Waals surface area contributed by atoms with Gasteiger partial charge in [0.15, 0.2) is 0 Å². The molecular weight excluding hydrogens is 356 g/mol. The third-order valence-electron chi connectivity index (χ3n) is 4.25. The maximum atomic E-state index is 12.7. The third kappa shape index (κ3) is 3.68. The molecule has 8 nitrogen and oxygen atoms in total. The predicted molar refractivity (Wildman–Crippen MR) is 95.2 cm³/mol. The topological polar surface area (TPSA) is 112 Å². The first-order valence-electron chi connectivity index (χ1n) is 8.37. The standard InChI is InChI=1S/C17H20N4O4S/c1-2-8-20-26(24,25)13-5-3-12(4-6-13)17(23)21-9-7-14-15(10-21)18-11-19-16(14)22/h3-6,11,20H,2,7-10H2,1H3,(H,18,19,22). The minimum absolute atomic E-state index is 0.125. The number of carbonyl (C=O) groups is 1. The molecule has 0 aliphatic carbocycles. The van der Waals surface area contributed by atoms with Crippen LogP contribution < -0.4 is 10.3 Å². The molecule has 3 rings (SSSR count). The number of hydrogen-bond donors (Lipinski definition) is 2. The number of benzene rings is 1. The van der Waals surface area contributed by atoms with E-state index in [0.29, 0.717) is 42.8 Å². The van der Waals surface area contributed by atoms with E-state index in [0.717, 1.165) is 0 Å². The maximum Gasteiger partial charge on any atom is 0.254 e. The largest absolute Gasteiger partial charge is 0.332 e. The second-order valence-electron chi connectivity index (χ2n) is 6.06. The van der Waals surface area contributed by atoms with E-state index in [9.17, 15) is 18.0 Å². The van der Waals surface area contributed by atoms with Crippen LogP contribution >= 0.6 is 0 Å². The molecule has 26 heavy (non-hydrogen) atoms. The second kappa shape index (κ2) is 7.38. The Bertz CT molecular complexity index is 967. The highest BCUT2D eigenvalue weighted by Crippen LogP contribution is 2.17. The first kappa shape index (κ1) is 18.3. The second-order valence-corrected chi connectivity index (χ2v) is 7.82. The number of rotatable bonds is 5. The first-order chi connectivity index (χ1) is 12.4. The lowest BCUT2D eigenvalue weighted by atomic mass is 10.1. The smallest absolute Gasteiger partial charge is 0.254 e. The molecule has 0 unspecified atom stereocenters. The van der Waals surface area contributed by atoms with Crippen LogP contribution in [-0.4, -0.2) is 42.3 Å². The van der Waals surface area contributed by atoms with Gasteiger partial charge in [-0.1, -0.05) is 6.92 Å². The number of hydrogen-bond acceptors (Lipinski definition) is 5. The molecule has 2 heterocycles. The van der Waals surface area contributed by atoms with E-state index in [1.165, 1.54) is 30.6 Å². The summed E-state index contributed by atoms with van der Waals surface area (Å²) in [6.07, 6.45) is 2.47. The van der Waals surface area contributed by atoms with Crippen molar-refractivity contribution in [3.8, 4) is 0 Å². The van der Waals surface area contributed by atoms with Crippen LogP contribution in [0.5, 0.6) is 0 Å². The molecule has 0 saturated carbocycles. The molecular formula is C17H20N4O4S. The number of nitrogens with one attached hydrogen (secondary N) is 2. The molecule has 1 amide bonds. The van der Waals surface area contributed by atoms with Gasteiger partial charge in [0, 0.05) is 24.2 Å². The number of nitrogens with zero attached hydrogens (tertiary/aromatic N) is 2. The van der Waals surface area contributed by atoms with Gasteiger partial charge in [0.2, 0.25) is 10.0 Å². The molecule has 1 aromatic heterocycles. The van der Waals surface area contributed by atoms with Crippen LogP contribution in [0.2, 0.25) is 0 Å². The Hall–Kier alpha value is -2.52. The quantitative estimate of drug-likeness (QED) is 0.796. The molecule has 1 aromatic carbocycles. The highest BCUT2D eigenvalue weighted by Gasteiger charge is 2.24. The van der Waals surface area contributed by atoms with Crippen molar-refractivity contribution in [3.63, 3.8) is 0 Å². The van der Waals surface area contributed by atoms with E-state index in [4.69, 9.17) is 0 Å². The summed E-state index contributed by atoms with van der Waals surface area (Å²) in [4.78, 5) is 32.8. The van der Waals surface area contributed by atoms with E-state index in [1.807, 2.05) is 6.92 Å². The van der Waals surface area contributed by atoms with E-state index in [-0.39, 0.29) is 22.9 Å². The van der Waals surface area contributed by atoms with Crippen LogP contribution in [0.25, 0.3) is 0 Å². The molecule has 0 fully saturated rings. The van der Waals surface area contributed by atoms with Gasteiger partial charge in [0.05, 0.1) is 23.5 Å². The Morgan fingerprint density at radius 3 is 2.73 bits per heavy atom. The van der Waals surface area contributed by atoms with E-state index in [2.05, 4.69) is 14.7 Å². The van der Waals surface area contributed by atoms with Crippen molar-refractivity contribution < 1.29 is 13.2 Å². The summed E-state index contributed by atoms with van der Waals surface area (Å²) in [5, 5.41) is 0. The maximum absolute atomic E-state index is 12.7. The summed E-state index contributed by atoms with van der Waals surface area (Å²) in [6.45, 7) is 2.92. The fraction of sp³-hybridized carbons (Fsp3) is 0.353. The first-order valence-corrected chi connectivity index (χ1v) is 9.85. The Kier molecular flexibility index (Phi) is 5.19. The fourth-order valence-electron chi connectivity index (χ4n) is 2.82. The summed E-state index contributed by atoms with van der Waals surface area (Å²) >= 11 is 0. The van der Waals surface area contributed by atoms with Crippen LogP contribution in [0, 0.1) is 0 Å². The zero-order chi connectivity index (χ0) is 18.7. The lowest BCUT2D eigenvalue weighted by molar-refractivity contribution is 0.0731. The number of carbonyl (C=O) groups excluding carboxylic acids is 1. The Morgan fingerprint density at radius 1 is 1.31 bits per heavy atom. The highest BCUT2D eigenvalue weighted by atomic mass is 32.2. The van der Waals surface area contributed by atoms with Crippen molar-refractivity contribution in [3.05, 3.63) is 57.8 Å². The number of sulfonamides is 1. The van der Waals surface area contributed by atoms with Gasteiger partial charge in [-0.3, -0.25) is 9.59 Å². The van der Waals surface area contributed by atoms with Crippen LogP contribution in [0.4, 0.5) is 0 Å². The van der Waals surface area contributed by atoms with Crippen LogP contribution in [0.15, 0.2) is 40.3 Å². The average molecular weight is 376 g/mol. The van der Waals surface area contributed by atoms with Crippen molar-refractivity contribution in [1.82, 2.24) is 19.6 Å². The summed E-state index contributed by atoms with van der Waals surface area (Å²) in [7, 11) is -3.56. The molecule has 0 radical (unpaired) electrons. The predicted octanol–water partition coefficient (Wildman–Crippen LogP) is 0.657. The van der Waals surface area contributed by atoms with Crippen molar-refractivity contribution in [1.29, 1.82) is 0 Å². The molecule has 0 atom stereocenters. The molecule has 0 bridgehead atoms. The number of aromatic amines is 1. The summed E-state index contributed by atoms with van der Waals surface area (Å²) < 4.78 is 26.7. The average Bonchev–Trinajstić information content (AvgIpc) is 2.66. The van der Waals surface area contributed by atoms with Gasteiger partial charge in [-0.25, -0.2) is 18.1 Å². The third-order valence-corrected chi connectivity index (χ3v) is 5.73. The normalized spacial score (nSPS) is 14.1. The monoisotopic (exact) mass is 376 g/mol. The number of amides is 1. The zero-order valence-corrected chi connectivity index (χ0v) is 15.2. The molecule has 1 aliphatic rings. The molecule has 138 valence electrons. The van der Waals surface area contributed by atoms with Crippen LogP contribution in [0.3, 0.4) is 0 Å². The lowest BCUT2D eigenvalue weighted by Crippen LogP contribution is -2.38. The molecule has 2 aromatic rings. The van der Waals surface area contributed by atoms with Gasteiger partial charge < -0.3 is 9.88 Å². The van der Waals surface area contributed by atoms with Crippen molar-refractivity contribution in [2.75, 3.05) is 13.1 Å². The van der Waals surface area contributed by atoms with Gasteiger partial charge in [-0.2, -0.15) is 0 Å². The van der Waals surface area contributed by atoms with E-state index < -0.39 is 10.0 Å². The van der Waals surface area contributed by atoms with Crippen molar-refractivity contribution >= 4 is 15.9 Å². The van der Waals surface area contributed by atoms with Gasteiger partial charge in [0.1, 0.15) is 0 Å². The van der Waals surface area contributed by atoms with Crippen molar-refractivity contribution in [2.45, 2.75) is 31.2 Å².